The molecule has 0 amide bonds. The predicted octanol–water partition coefficient (Wildman–Crippen LogP) is 0.776. The van der Waals surface area contributed by atoms with Crippen molar-refractivity contribution in [2.45, 2.75) is 33.0 Å². The van der Waals surface area contributed by atoms with Gasteiger partial charge < -0.3 is 15.2 Å². The predicted molar refractivity (Wildman–Crippen MR) is 70.5 cm³/mol. The second-order valence-corrected chi connectivity index (χ2v) is 5.35. The summed E-state index contributed by atoms with van der Waals surface area (Å²) in [5.74, 6) is 1.00. The minimum atomic E-state index is 0.574. The molecule has 18 heavy (non-hydrogen) atoms. The monoisotopic (exact) mass is 264 g/mol. The summed E-state index contributed by atoms with van der Waals surface area (Å²) in [6.07, 6.45) is 2.73. The lowest BCUT2D eigenvalue weighted by Crippen LogP contribution is -2.33. The Morgan fingerprint density at radius 2 is 2.33 bits per heavy atom. The molecule has 7 heteroatoms. The summed E-state index contributed by atoms with van der Waals surface area (Å²) in [6.45, 7) is 5.34. The van der Waals surface area contributed by atoms with Crippen LogP contribution in [0.4, 0.5) is 5.13 Å². The molecule has 3 rings (SSSR count). The fourth-order valence-corrected chi connectivity index (χ4v) is 3.22. The Morgan fingerprint density at radius 1 is 1.44 bits per heavy atom. The number of nitrogens with zero attached hydrogens (tertiary/aromatic N) is 5. The molecule has 0 spiro atoms. The molecule has 2 aromatic heterocycles. The minimum Gasteiger partial charge on any atom is -0.339 e. The molecule has 3 heterocycles. The van der Waals surface area contributed by atoms with Crippen LogP contribution in [-0.4, -0.2) is 26.3 Å². The molecule has 1 aliphatic rings. The van der Waals surface area contributed by atoms with Gasteiger partial charge in [-0.2, -0.15) is 0 Å². The summed E-state index contributed by atoms with van der Waals surface area (Å²) in [7, 11) is 0. The number of fused-ring (bicyclic) bond motifs is 1. The zero-order chi connectivity index (χ0) is 12.5. The van der Waals surface area contributed by atoms with Crippen molar-refractivity contribution < 1.29 is 0 Å². The summed E-state index contributed by atoms with van der Waals surface area (Å²) in [5, 5.41) is 9.12. The van der Waals surface area contributed by atoms with E-state index in [1.165, 1.54) is 4.88 Å². The van der Waals surface area contributed by atoms with Gasteiger partial charge in [0.2, 0.25) is 0 Å². The topological polar surface area (TPSA) is 72.9 Å². The number of rotatable bonds is 3. The van der Waals surface area contributed by atoms with E-state index in [1.54, 1.807) is 17.7 Å². The van der Waals surface area contributed by atoms with E-state index in [2.05, 4.69) is 31.6 Å². The summed E-state index contributed by atoms with van der Waals surface area (Å²) in [5.41, 5.74) is 6.88. The van der Waals surface area contributed by atoms with Gasteiger partial charge in [0.05, 0.1) is 12.2 Å². The molecular formula is C11H16N6S. The third-order valence-electron chi connectivity index (χ3n) is 3.20. The van der Waals surface area contributed by atoms with Crippen LogP contribution >= 0.6 is 11.3 Å². The Bertz CT molecular complexity index is 524. The van der Waals surface area contributed by atoms with Gasteiger partial charge in [-0.25, -0.2) is 4.98 Å². The first-order valence-electron chi connectivity index (χ1n) is 6.12. The molecule has 0 aliphatic carbocycles. The Labute approximate surface area is 109 Å². The zero-order valence-corrected chi connectivity index (χ0v) is 11.2. The van der Waals surface area contributed by atoms with Crippen LogP contribution in [0.5, 0.6) is 0 Å². The van der Waals surface area contributed by atoms with E-state index in [4.69, 9.17) is 5.73 Å². The van der Waals surface area contributed by atoms with Gasteiger partial charge >= 0.3 is 0 Å². The van der Waals surface area contributed by atoms with Crippen LogP contribution in [0.25, 0.3) is 0 Å². The summed E-state index contributed by atoms with van der Waals surface area (Å²) < 4.78 is 2.09. The normalized spacial score (nSPS) is 14.9. The van der Waals surface area contributed by atoms with Gasteiger partial charge in [-0.15, -0.1) is 21.5 Å². The Hall–Kier alpha value is -1.47. The Balaban J connectivity index is 1.86. The van der Waals surface area contributed by atoms with Crippen molar-refractivity contribution in [2.24, 2.45) is 5.73 Å². The van der Waals surface area contributed by atoms with Gasteiger partial charge in [-0.3, -0.25) is 0 Å². The maximum atomic E-state index is 5.75. The molecule has 0 bridgehead atoms. The van der Waals surface area contributed by atoms with Crippen LogP contribution in [0.3, 0.4) is 0 Å². The number of aryl methyl sites for hydroxylation is 1. The Morgan fingerprint density at radius 3 is 3.06 bits per heavy atom. The smallest absolute Gasteiger partial charge is 0.186 e. The molecule has 0 aromatic carbocycles. The van der Waals surface area contributed by atoms with E-state index in [1.807, 2.05) is 0 Å². The third kappa shape index (κ3) is 1.89. The SMILES string of the molecule is CCc1nc(N2CCn3cnnc3C2)sc1CN. The summed E-state index contributed by atoms with van der Waals surface area (Å²) >= 11 is 1.70. The lowest BCUT2D eigenvalue weighted by Gasteiger charge is -2.26. The summed E-state index contributed by atoms with van der Waals surface area (Å²) in [4.78, 5) is 8.14. The first-order chi connectivity index (χ1) is 8.81. The third-order valence-corrected chi connectivity index (χ3v) is 4.38. The average Bonchev–Trinajstić information content (AvgIpc) is 3.03. The first kappa shape index (κ1) is 11.6. The number of thiazole rings is 1. The van der Waals surface area contributed by atoms with Gasteiger partial charge in [-0.1, -0.05) is 6.92 Å². The number of hydrogen-bond acceptors (Lipinski definition) is 6. The van der Waals surface area contributed by atoms with Gasteiger partial charge in [0, 0.05) is 24.5 Å². The van der Waals surface area contributed by atoms with E-state index in [0.717, 1.165) is 42.7 Å². The molecule has 0 atom stereocenters. The zero-order valence-electron chi connectivity index (χ0n) is 10.3. The van der Waals surface area contributed by atoms with Gasteiger partial charge in [0.1, 0.15) is 6.33 Å². The average molecular weight is 264 g/mol. The highest BCUT2D eigenvalue weighted by Crippen LogP contribution is 2.28. The fraction of sp³-hybridized carbons (Fsp3) is 0.545. The maximum Gasteiger partial charge on any atom is 0.186 e. The van der Waals surface area contributed by atoms with Crippen LogP contribution in [0.15, 0.2) is 6.33 Å². The molecule has 96 valence electrons. The van der Waals surface area contributed by atoms with Gasteiger partial charge in [0.15, 0.2) is 11.0 Å². The highest BCUT2D eigenvalue weighted by molar-refractivity contribution is 7.15. The van der Waals surface area contributed by atoms with Crippen LogP contribution in [-0.2, 0) is 26.1 Å². The van der Waals surface area contributed by atoms with Crippen molar-refractivity contribution in [1.29, 1.82) is 0 Å². The molecule has 2 N–H and O–H groups in total. The van der Waals surface area contributed by atoms with E-state index >= 15 is 0 Å². The molecule has 2 aromatic rings. The van der Waals surface area contributed by atoms with Gasteiger partial charge in [0.25, 0.3) is 0 Å². The van der Waals surface area contributed by atoms with Crippen molar-refractivity contribution in [3.05, 3.63) is 22.7 Å². The van der Waals surface area contributed by atoms with Crippen molar-refractivity contribution in [3.8, 4) is 0 Å². The lowest BCUT2D eigenvalue weighted by atomic mass is 10.3. The molecule has 0 saturated heterocycles. The number of nitrogens with two attached hydrogens (primary N) is 1. The van der Waals surface area contributed by atoms with Gasteiger partial charge in [-0.05, 0) is 6.42 Å². The Kier molecular flexibility index (Phi) is 3.00. The second kappa shape index (κ2) is 4.66. The first-order valence-corrected chi connectivity index (χ1v) is 6.93. The van der Waals surface area contributed by atoms with E-state index in [9.17, 15) is 0 Å². The number of aromatic nitrogens is 4. The molecule has 6 nitrogen and oxygen atoms in total. The van der Waals surface area contributed by atoms with Crippen molar-refractivity contribution in [3.63, 3.8) is 0 Å². The number of hydrogen-bond donors (Lipinski definition) is 1. The lowest BCUT2D eigenvalue weighted by molar-refractivity contribution is 0.559. The fourth-order valence-electron chi connectivity index (χ4n) is 2.17. The van der Waals surface area contributed by atoms with Crippen LogP contribution < -0.4 is 10.6 Å². The van der Waals surface area contributed by atoms with E-state index in [-0.39, 0.29) is 0 Å². The highest BCUT2D eigenvalue weighted by Gasteiger charge is 2.21. The van der Waals surface area contributed by atoms with Crippen molar-refractivity contribution in [2.75, 3.05) is 11.4 Å². The summed E-state index contributed by atoms with van der Waals surface area (Å²) in [6, 6.07) is 0. The standard InChI is InChI=1S/C11H16N6S/c1-2-8-9(5-12)18-11(14-8)16-3-4-17-7-13-15-10(17)6-16/h7H,2-6,12H2,1H3. The molecule has 0 radical (unpaired) electrons. The maximum absolute atomic E-state index is 5.75. The molecule has 0 fully saturated rings. The van der Waals surface area contributed by atoms with Crippen LogP contribution in [0.2, 0.25) is 0 Å². The van der Waals surface area contributed by atoms with E-state index < -0.39 is 0 Å². The molecular weight excluding hydrogens is 248 g/mol. The highest BCUT2D eigenvalue weighted by atomic mass is 32.1. The molecule has 1 aliphatic heterocycles. The van der Waals surface area contributed by atoms with E-state index in [0.29, 0.717) is 6.54 Å². The van der Waals surface area contributed by atoms with Crippen LogP contribution in [0.1, 0.15) is 23.3 Å². The second-order valence-electron chi connectivity index (χ2n) is 4.29. The van der Waals surface area contributed by atoms with Crippen molar-refractivity contribution in [1.82, 2.24) is 19.7 Å². The molecule has 0 saturated carbocycles. The van der Waals surface area contributed by atoms with Crippen LogP contribution in [0, 0.1) is 0 Å². The quantitative estimate of drug-likeness (QED) is 0.886. The largest absolute Gasteiger partial charge is 0.339 e. The molecule has 0 unspecified atom stereocenters. The van der Waals surface area contributed by atoms with Crippen molar-refractivity contribution >= 4 is 16.5 Å². The minimum absolute atomic E-state index is 0.574. The number of anilines is 1.